The highest BCUT2D eigenvalue weighted by Gasteiger charge is 2.05. The molecule has 2 aromatic rings. The number of hydrogen-bond donors (Lipinski definition) is 1. The normalized spacial score (nSPS) is 10.9. The van der Waals surface area contributed by atoms with Gasteiger partial charge in [0.1, 0.15) is 5.76 Å². The Kier molecular flexibility index (Phi) is 4.04. The summed E-state index contributed by atoms with van der Waals surface area (Å²) in [5.74, 6) is 1.59. The van der Waals surface area contributed by atoms with E-state index in [1.54, 1.807) is 0 Å². The monoisotopic (exact) mass is 264 g/mol. The summed E-state index contributed by atoms with van der Waals surface area (Å²) in [6.07, 6.45) is 0. The first-order chi connectivity index (χ1) is 8.56. The van der Waals surface area contributed by atoms with E-state index in [9.17, 15) is 0 Å². The second-order valence-electron chi connectivity index (χ2n) is 4.45. The second kappa shape index (κ2) is 5.55. The van der Waals surface area contributed by atoms with Crippen LogP contribution in [0.3, 0.4) is 0 Å². The maximum absolute atomic E-state index is 6.16. The van der Waals surface area contributed by atoms with Crippen molar-refractivity contribution in [2.75, 3.05) is 0 Å². The van der Waals surface area contributed by atoms with Crippen molar-refractivity contribution in [1.29, 1.82) is 0 Å². The summed E-state index contributed by atoms with van der Waals surface area (Å²) >= 11 is 6.16. The smallest absolute Gasteiger partial charge is 0.208 e. The van der Waals surface area contributed by atoms with Gasteiger partial charge < -0.3 is 9.73 Å². The van der Waals surface area contributed by atoms with Crippen LogP contribution in [0.2, 0.25) is 5.02 Å². The minimum Gasteiger partial charge on any atom is -0.444 e. The third kappa shape index (κ3) is 3.12. The van der Waals surface area contributed by atoms with Gasteiger partial charge in [0.2, 0.25) is 5.89 Å². The minimum atomic E-state index is 0.610. The van der Waals surface area contributed by atoms with Crippen molar-refractivity contribution < 1.29 is 4.42 Å². The van der Waals surface area contributed by atoms with Crippen LogP contribution >= 0.6 is 11.6 Å². The quantitative estimate of drug-likeness (QED) is 0.918. The molecule has 1 heterocycles. The molecule has 0 unspecified atom stereocenters. The number of hydrogen-bond acceptors (Lipinski definition) is 3. The molecule has 0 spiro atoms. The second-order valence-corrected chi connectivity index (χ2v) is 4.85. The van der Waals surface area contributed by atoms with Crippen LogP contribution in [-0.4, -0.2) is 4.98 Å². The van der Waals surface area contributed by atoms with Crippen LogP contribution in [-0.2, 0) is 13.1 Å². The van der Waals surface area contributed by atoms with E-state index in [0.717, 1.165) is 22.0 Å². The molecule has 1 aromatic carbocycles. The van der Waals surface area contributed by atoms with E-state index in [-0.39, 0.29) is 0 Å². The van der Waals surface area contributed by atoms with Crippen LogP contribution in [0.4, 0.5) is 0 Å². The van der Waals surface area contributed by atoms with Gasteiger partial charge in [0.25, 0.3) is 0 Å². The van der Waals surface area contributed by atoms with E-state index in [1.165, 1.54) is 5.56 Å². The Labute approximate surface area is 112 Å². The van der Waals surface area contributed by atoms with Gasteiger partial charge in [0.15, 0.2) is 0 Å². The molecule has 1 aromatic heterocycles. The summed E-state index contributed by atoms with van der Waals surface area (Å²) in [6, 6.07) is 6.07. The summed E-state index contributed by atoms with van der Waals surface area (Å²) in [6.45, 7) is 7.21. The van der Waals surface area contributed by atoms with Gasteiger partial charge in [0, 0.05) is 11.6 Å². The summed E-state index contributed by atoms with van der Waals surface area (Å²) in [5.41, 5.74) is 3.20. The summed E-state index contributed by atoms with van der Waals surface area (Å²) in [4.78, 5) is 4.32. The van der Waals surface area contributed by atoms with Gasteiger partial charge in [-0.2, -0.15) is 0 Å². The molecule has 0 fully saturated rings. The highest BCUT2D eigenvalue weighted by Crippen LogP contribution is 2.17. The molecule has 4 heteroatoms. The van der Waals surface area contributed by atoms with E-state index in [4.69, 9.17) is 16.0 Å². The van der Waals surface area contributed by atoms with Crippen molar-refractivity contribution in [3.05, 3.63) is 51.7 Å². The molecule has 0 aliphatic carbocycles. The van der Waals surface area contributed by atoms with Crippen molar-refractivity contribution in [2.24, 2.45) is 0 Å². The van der Waals surface area contributed by atoms with E-state index >= 15 is 0 Å². The lowest BCUT2D eigenvalue weighted by atomic mass is 10.1. The third-order valence-electron chi connectivity index (χ3n) is 2.87. The van der Waals surface area contributed by atoms with Gasteiger partial charge >= 0.3 is 0 Å². The standard InChI is InChI=1S/C14H17ClN2O/c1-9-4-5-12(13(15)6-9)7-16-8-14-17-10(2)11(3)18-14/h4-6,16H,7-8H2,1-3H3. The van der Waals surface area contributed by atoms with E-state index in [1.807, 2.05) is 32.9 Å². The molecule has 2 rings (SSSR count). The number of aryl methyl sites for hydroxylation is 3. The fourth-order valence-corrected chi connectivity index (χ4v) is 2.02. The minimum absolute atomic E-state index is 0.610. The van der Waals surface area contributed by atoms with Crippen molar-refractivity contribution in [1.82, 2.24) is 10.3 Å². The highest BCUT2D eigenvalue weighted by atomic mass is 35.5. The fourth-order valence-electron chi connectivity index (χ4n) is 1.71. The van der Waals surface area contributed by atoms with Gasteiger partial charge in [0.05, 0.1) is 12.2 Å². The predicted molar refractivity (Wildman–Crippen MR) is 72.7 cm³/mol. The number of rotatable bonds is 4. The Morgan fingerprint density at radius 2 is 2.00 bits per heavy atom. The molecule has 0 saturated heterocycles. The first-order valence-corrected chi connectivity index (χ1v) is 6.32. The maximum atomic E-state index is 6.16. The first-order valence-electron chi connectivity index (χ1n) is 5.95. The number of aromatic nitrogens is 1. The lowest BCUT2D eigenvalue weighted by molar-refractivity contribution is 0.448. The first kappa shape index (κ1) is 13.1. The number of benzene rings is 1. The average molecular weight is 265 g/mol. The van der Waals surface area contributed by atoms with Crippen LogP contribution in [0.1, 0.15) is 28.5 Å². The van der Waals surface area contributed by atoms with Crippen LogP contribution < -0.4 is 5.32 Å². The lowest BCUT2D eigenvalue weighted by Crippen LogP contribution is -2.13. The van der Waals surface area contributed by atoms with Crippen molar-refractivity contribution >= 4 is 11.6 Å². The molecule has 0 aliphatic rings. The Morgan fingerprint density at radius 3 is 2.61 bits per heavy atom. The Morgan fingerprint density at radius 1 is 1.22 bits per heavy atom. The van der Waals surface area contributed by atoms with Gasteiger partial charge in [-0.1, -0.05) is 23.7 Å². The van der Waals surface area contributed by atoms with Crippen molar-refractivity contribution in [2.45, 2.75) is 33.9 Å². The fraction of sp³-hybridized carbons (Fsp3) is 0.357. The SMILES string of the molecule is Cc1ccc(CNCc2nc(C)c(C)o2)c(Cl)c1. The van der Waals surface area contributed by atoms with E-state index in [2.05, 4.69) is 16.4 Å². The van der Waals surface area contributed by atoms with Crippen LogP contribution in [0.25, 0.3) is 0 Å². The van der Waals surface area contributed by atoms with Gasteiger partial charge in [-0.3, -0.25) is 0 Å². The zero-order valence-corrected chi connectivity index (χ0v) is 11.6. The zero-order chi connectivity index (χ0) is 13.1. The molecule has 0 bridgehead atoms. The van der Waals surface area contributed by atoms with Crippen LogP contribution in [0.15, 0.2) is 22.6 Å². The van der Waals surface area contributed by atoms with E-state index in [0.29, 0.717) is 19.0 Å². The summed E-state index contributed by atoms with van der Waals surface area (Å²) in [5, 5.41) is 4.07. The Hall–Kier alpha value is -1.32. The molecule has 3 nitrogen and oxygen atoms in total. The Balaban J connectivity index is 1.92. The average Bonchev–Trinajstić information content (AvgIpc) is 2.61. The largest absolute Gasteiger partial charge is 0.444 e. The predicted octanol–water partition coefficient (Wildman–Crippen LogP) is 3.54. The summed E-state index contributed by atoms with van der Waals surface area (Å²) in [7, 11) is 0. The number of halogens is 1. The number of oxazole rings is 1. The zero-order valence-electron chi connectivity index (χ0n) is 10.9. The number of nitrogens with zero attached hydrogens (tertiary/aromatic N) is 1. The van der Waals surface area contributed by atoms with Gasteiger partial charge in [-0.15, -0.1) is 0 Å². The topological polar surface area (TPSA) is 38.1 Å². The van der Waals surface area contributed by atoms with Crippen molar-refractivity contribution in [3.8, 4) is 0 Å². The maximum Gasteiger partial charge on any atom is 0.208 e. The molecule has 0 aliphatic heterocycles. The molecule has 18 heavy (non-hydrogen) atoms. The van der Waals surface area contributed by atoms with Gasteiger partial charge in [-0.05, 0) is 38.0 Å². The Bertz CT molecular complexity index is 529. The van der Waals surface area contributed by atoms with Crippen molar-refractivity contribution in [3.63, 3.8) is 0 Å². The highest BCUT2D eigenvalue weighted by molar-refractivity contribution is 6.31. The molecule has 96 valence electrons. The molecular formula is C14H17ClN2O. The molecule has 1 N–H and O–H groups in total. The molecule has 0 atom stereocenters. The van der Waals surface area contributed by atoms with Crippen LogP contribution in [0.5, 0.6) is 0 Å². The molecular weight excluding hydrogens is 248 g/mol. The lowest BCUT2D eigenvalue weighted by Gasteiger charge is -2.05. The third-order valence-corrected chi connectivity index (χ3v) is 3.22. The summed E-state index contributed by atoms with van der Waals surface area (Å²) < 4.78 is 5.49. The molecule has 0 saturated carbocycles. The molecule has 0 radical (unpaired) electrons. The van der Waals surface area contributed by atoms with E-state index < -0.39 is 0 Å². The van der Waals surface area contributed by atoms with Crippen LogP contribution in [0, 0.1) is 20.8 Å². The molecule has 0 amide bonds. The van der Waals surface area contributed by atoms with Gasteiger partial charge in [-0.25, -0.2) is 4.98 Å². The number of nitrogens with one attached hydrogen (secondary N) is 1.